The molecule has 58 valence electrons. The Morgan fingerprint density at radius 2 is 2.36 bits per heavy atom. The lowest BCUT2D eigenvalue weighted by Gasteiger charge is -2.01. The minimum Gasteiger partial charge on any atom is -0.279 e. The molecule has 0 bridgehead atoms. The van der Waals surface area contributed by atoms with Gasteiger partial charge in [0.2, 0.25) is 5.24 Å². The zero-order chi connectivity index (χ0) is 8.27. The highest BCUT2D eigenvalue weighted by molar-refractivity contribution is 6.68. The summed E-state index contributed by atoms with van der Waals surface area (Å²) in [6.07, 6.45) is 3.11. The largest absolute Gasteiger partial charge is 0.279 e. The van der Waals surface area contributed by atoms with Gasteiger partial charge in [-0.3, -0.25) is 9.78 Å². The van der Waals surface area contributed by atoms with Crippen LogP contribution in [0.2, 0.25) is 0 Å². The topological polar surface area (TPSA) is 30.0 Å². The van der Waals surface area contributed by atoms with Crippen LogP contribution in [0.4, 0.5) is 0 Å². The molecule has 0 aliphatic heterocycles. The van der Waals surface area contributed by atoms with Gasteiger partial charge in [-0.15, -0.1) is 11.6 Å². The highest BCUT2D eigenvalue weighted by atomic mass is 35.5. The molecular formula is C7H5Cl2NO. The summed E-state index contributed by atoms with van der Waals surface area (Å²) in [7, 11) is 0. The van der Waals surface area contributed by atoms with E-state index >= 15 is 0 Å². The van der Waals surface area contributed by atoms with E-state index in [-0.39, 0.29) is 0 Å². The van der Waals surface area contributed by atoms with Crippen LogP contribution in [0.5, 0.6) is 0 Å². The molecule has 1 rings (SSSR count). The van der Waals surface area contributed by atoms with Gasteiger partial charge in [-0.2, -0.15) is 0 Å². The van der Waals surface area contributed by atoms with Crippen LogP contribution in [0, 0.1) is 0 Å². The first kappa shape index (κ1) is 8.50. The fourth-order valence-electron chi connectivity index (χ4n) is 0.657. The maximum absolute atomic E-state index is 10.5. The van der Waals surface area contributed by atoms with Crippen LogP contribution in [0.15, 0.2) is 24.5 Å². The van der Waals surface area contributed by atoms with Crippen molar-refractivity contribution in [2.75, 3.05) is 0 Å². The zero-order valence-corrected chi connectivity index (χ0v) is 7.01. The van der Waals surface area contributed by atoms with Crippen molar-refractivity contribution in [3.05, 3.63) is 30.1 Å². The number of pyridine rings is 1. The van der Waals surface area contributed by atoms with Crippen molar-refractivity contribution in [2.24, 2.45) is 0 Å². The Morgan fingerprint density at radius 1 is 1.64 bits per heavy atom. The van der Waals surface area contributed by atoms with Crippen LogP contribution in [0.3, 0.4) is 0 Å². The van der Waals surface area contributed by atoms with Gasteiger partial charge in [0.25, 0.3) is 0 Å². The molecule has 0 fully saturated rings. The second kappa shape index (κ2) is 3.69. The van der Waals surface area contributed by atoms with Gasteiger partial charge in [-0.05, 0) is 23.2 Å². The molecule has 0 amide bonds. The average molecular weight is 190 g/mol. The van der Waals surface area contributed by atoms with Crippen LogP contribution < -0.4 is 0 Å². The highest BCUT2D eigenvalue weighted by Crippen LogP contribution is 2.21. The fourth-order valence-corrected chi connectivity index (χ4v) is 0.912. The fraction of sp³-hybridized carbons (Fsp3) is 0.143. The number of aromatic nitrogens is 1. The number of carbonyl (C=O) groups is 1. The van der Waals surface area contributed by atoms with E-state index in [0.29, 0.717) is 5.56 Å². The van der Waals surface area contributed by atoms with E-state index < -0.39 is 10.6 Å². The van der Waals surface area contributed by atoms with E-state index in [1.54, 1.807) is 18.3 Å². The normalized spacial score (nSPS) is 12.5. The molecule has 1 heterocycles. The highest BCUT2D eigenvalue weighted by Gasteiger charge is 2.14. The number of carbonyl (C=O) groups excluding carboxylic acids is 1. The molecule has 0 aliphatic rings. The summed E-state index contributed by atoms with van der Waals surface area (Å²) < 4.78 is 0. The Labute approximate surface area is 74.1 Å². The Hall–Kier alpha value is -0.600. The SMILES string of the molecule is O=C(Cl)C(Cl)c1cccnc1. The summed E-state index contributed by atoms with van der Waals surface area (Å²) in [4.78, 5) is 14.3. The van der Waals surface area contributed by atoms with Gasteiger partial charge in [0.05, 0.1) is 0 Å². The number of hydrogen-bond acceptors (Lipinski definition) is 2. The summed E-state index contributed by atoms with van der Waals surface area (Å²) >= 11 is 10.8. The molecule has 11 heavy (non-hydrogen) atoms. The van der Waals surface area contributed by atoms with Gasteiger partial charge < -0.3 is 0 Å². The van der Waals surface area contributed by atoms with Crippen molar-refractivity contribution in [1.82, 2.24) is 4.98 Å². The lowest BCUT2D eigenvalue weighted by molar-refractivity contribution is -0.111. The first-order chi connectivity index (χ1) is 5.22. The molecule has 0 saturated heterocycles. The minimum absolute atomic E-state index is 0.584. The summed E-state index contributed by atoms with van der Waals surface area (Å²) in [6.45, 7) is 0. The molecule has 1 aromatic rings. The third kappa shape index (κ3) is 2.17. The number of hydrogen-bond donors (Lipinski definition) is 0. The number of nitrogens with zero attached hydrogens (tertiary/aromatic N) is 1. The van der Waals surface area contributed by atoms with Crippen LogP contribution in [-0.4, -0.2) is 10.2 Å². The molecule has 1 aromatic heterocycles. The molecule has 0 spiro atoms. The summed E-state index contributed by atoms with van der Waals surface area (Å²) in [5.74, 6) is 0. The van der Waals surface area contributed by atoms with Gasteiger partial charge in [0.15, 0.2) is 0 Å². The van der Waals surface area contributed by atoms with Gasteiger partial charge in [0.1, 0.15) is 5.38 Å². The second-order valence-corrected chi connectivity index (χ2v) is 2.76. The predicted octanol–water partition coefficient (Wildman–Crippen LogP) is 2.13. The smallest absolute Gasteiger partial charge is 0.244 e. The molecular weight excluding hydrogens is 185 g/mol. The van der Waals surface area contributed by atoms with E-state index in [1.807, 2.05) is 0 Å². The molecule has 4 heteroatoms. The second-order valence-electron chi connectivity index (χ2n) is 1.95. The van der Waals surface area contributed by atoms with Crippen molar-refractivity contribution in [3.63, 3.8) is 0 Å². The van der Waals surface area contributed by atoms with E-state index in [4.69, 9.17) is 23.2 Å². The maximum atomic E-state index is 10.5. The molecule has 0 radical (unpaired) electrons. The molecule has 0 N–H and O–H groups in total. The molecule has 0 aliphatic carbocycles. The van der Waals surface area contributed by atoms with Crippen LogP contribution in [0.1, 0.15) is 10.9 Å². The summed E-state index contributed by atoms with van der Waals surface area (Å²) in [5, 5.41) is -1.37. The van der Waals surface area contributed by atoms with Crippen LogP contribution >= 0.6 is 23.2 Å². The third-order valence-corrected chi connectivity index (χ3v) is 1.96. The standard InChI is InChI=1S/C7H5Cl2NO/c8-6(7(9)11)5-2-1-3-10-4-5/h1-4,6H. The Bertz CT molecular complexity index is 250. The van der Waals surface area contributed by atoms with Gasteiger partial charge in [0, 0.05) is 12.4 Å². The number of alkyl halides is 1. The first-order valence-electron chi connectivity index (χ1n) is 2.95. The predicted molar refractivity (Wildman–Crippen MR) is 43.7 cm³/mol. The molecule has 1 unspecified atom stereocenters. The first-order valence-corrected chi connectivity index (χ1v) is 3.76. The van der Waals surface area contributed by atoms with Crippen molar-refractivity contribution >= 4 is 28.4 Å². The van der Waals surface area contributed by atoms with E-state index in [2.05, 4.69) is 4.98 Å². The van der Waals surface area contributed by atoms with Gasteiger partial charge >= 0.3 is 0 Å². The third-order valence-electron chi connectivity index (χ3n) is 1.18. The zero-order valence-electron chi connectivity index (χ0n) is 5.50. The van der Waals surface area contributed by atoms with Gasteiger partial charge in [-0.25, -0.2) is 0 Å². The minimum atomic E-state index is -0.787. The molecule has 2 nitrogen and oxygen atoms in total. The summed E-state index contributed by atoms with van der Waals surface area (Å²) in [6, 6.07) is 3.40. The van der Waals surface area contributed by atoms with Crippen molar-refractivity contribution in [1.29, 1.82) is 0 Å². The van der Waals surface area contributed by atoms with E-state index in [1.165, 1.54) is 6.20 Å². The Balaban J connectivity index is 2.85. The monoisotopic (exact) mass is 189 g/mol. The maximum Gasteiger partial charge on any atom is 0.244 e. The average Bonchev–Trinajstić information content (AvgIpc) is 2.05. The Morgan fingerprint density at radius 3 is 2.82 bits per heavy atom. The van der Waals surface area contributed by atoms with Crippen LogP contribution in [0.25, 0.3) is 0 Å². The number of halogens is 2. The molecule has 1 atom stereocenters. The quantitative estimate of drug-likeness (QED) is 0.528. The van der Waals surface area contributed by atoms with Crippen molar-refractivity contribution in [3.8, 4) is 0 Å². The molecule has 0 aromatic carbocycles. The van der Waals surface area contributed by atoms with Crippen molar-refractivity contribution in [2.45, 2.75) is 5.38 Å². The summed E-state index contributed by atoms with van der Waals surface area (Å²) in [5.41, 5.74) is 0.620. The Kier molecular flexibility index (Phi) is 2.85. The lowest BCUT2D eigenvalue weighted by atomic mass is 10.2. The van der Waals surface area contributed by atoms with Crippen molar-refractivity contribution < 1.29 is 4.79 Å². The lowest BCUT2D eigenvalue weighted by Crippen LogP contribution is -1.98. The molecule has 0 saturated carbocycles. The van der Waals surface area contributed by atoms with Gasteiger partial charge in [-0.1, -0.05) is 6.07 Å². The number of rotatable bonds is 2. The van der Waals surface area contributed by atoms with E-state index in [0.717, 1.165) is 0 Å². The van der Waals surface area contributed by atoms with Crippen LogP contribution in [-0.2, 0) is 4.79 Å². The van der Waals surface area contributed by atoms with E-state index in [9.17, 15) is 4.79 Å².